The molecule has 154 valence electrons. The number of halogens is 1. The third-order valence-corrected chi connectivity index (χ3v) is 5.17. The van der Waals surface area contributed by atoms with Crippen molar-refractivity contribution >= 4 is 39.8 Å². The SMILES string of the molecule is COc1ccc(CNc2nnc(N(C)c3ccccn3)c3ccc(C#N)cc23)cc1Cl. The number of rotatable bonds is 6. The Labute approximate surface area is 184 Å². The van der Waals surface area contributed by atoms with E-state index in [1.54, 1.807) is 19.4 Å². The van der Waals surface area contributed by atoms with Crippen molar-refractivity contribution in [2.24, 2.45) is 0 Å². The lowest BCUT2D eigenvalue weighted by atomic mass is 10.1. The maximum Gasteiger partial charge on any atom is 0.164 e. The first-order chi connectivity index (χ1) is 15.1. The van der Waals surface area contributed by atoms with Crippen LogP contribution >= 0.6 is 11.6 Å². The average molecular weight is 431 g/mol. The molecule has 0 aliphatic heterocycles. The van der Waals surface area contributed by atoms with Crippen molar-refractivity contribution in [3.05, 3.63) is 76.9 Å². The van der Waals surface area contributed by atoms with E-state index in [1.807, 2.05) is 60.5 Å². The van der Waals surface area contributed by atoms with Gasteiger partial charge < -0.3 is 15.0 Å². The Morgan fingerprint density at radius 3 is 2.68 bits per heavy atom. The fourth-order valence-corrected chi connectivity index (χ4v) is 3.53. The lowest BCUT2D eigenvalue weighted by molar-refractivity contribution is 0.415. The van der Waals surface area contributed by atoms with E-state index in [1.165, 1.54) is 0 Å². The molecule has 0 atom stereocenters. The summed E-state index contributed by atoms with van der Waals surface area (Å²) in [6.45, 7) is 0.486. The van der Waals surface area contributed by atoms with Gasteiger partial charge in [0.25, 0.3) is 0 Å². The topological polar surface area (TPSA) is 87.0 Å². The maximum absolute atomic E-state index is 9.38. The Morgan fingerprint density at radius 2 is 1.97 bits per heavy atom. The van der Waals surface area contributed by atoms with Gasteiger partial charge in [0, 0.05) is 30.6 Å². The van der Waals surface area contributed by atoms with Crippen LogP contribution in [0.1, 0.15) is 11.1 Å². The van der Waals surface area contributed by atoms with Crippen molar-refractivity contribution in [1.29, 1.82) is 5.26 Å². The van der Waals surface area contributed by atoms with Crippen molar-refractivity contribution in [1.82, 2.24) is 15.2 Å². The highest BCUT2D eigenvalue weighted by Gasteiger charge is 2.15. The maximum atomic E-state index is 9.38. The van der Waals surface area contributed by atoms with Crippen LogP contribution in [0.15, 0.2) is 60.8 Å². The van der Waals surface area contributed by atoms with Crippen LogP contribution in [-0.2, 0) is 6.54 Å². The van der Waals surface area contributed by atoms with Crippen LogP contribution in [0.2, 0.25) is 5.02 Å². The number of nitriles is 1. The molecular formula is C23H19ClN6O. The zero-order valence-electron chi connectivity index (χ0n) is 17.0. The van der Waals surface area contributed by atoms with Crippen LogP contribution in [-0.4, -0.2) is 29.3 Å². The predicted octanol–water partition coefficient (Wildman–Crippen LogP) is 4.94. The lowest BCUT2D eigenvalue weighted by Crippen LogP contribution is -2.15. The Balaban J connectivity index is 1.71. The highest BCUT2D eigenvalue weighted by molar-refractivity contribution is 6.32. The molecule has 8 heteroatoms. The third-order valence-electron chi connectivity index (χ3n) is 4.88. The Bertz CT molecular complexity index is 1270. The minimum atomic E-state index is 0.486. The molecule has 4 rings (SSSR count). The van der Waals surface area contributed by atoms with Crippen molar-refractivity contribution in [3.63, 3.8) is 0 Å². The van der Waals surface area contributed by atoms with E-state index >= 15 is 0 Å². The number of nitrogens with one attached hydrogen (secondary N) is 1. The van der Waals surface area contributed by atoms with Gasteiger partial charge in [-0.1, -0.05) is 23.7 Å². The molecule has 1 N–H and O–H groups in total. The summed E-state index contributed by atoms with van der Waals surface area (Å²) < 4.78 is 5.20. The molecule has 2 heterocycles. The van der Waals surface area contributed by atoms with E-state index in [0.717, 1.165) is 22.2 Å². The Kier molecular flexibility index (Phi) is 5.83. The van der Waals surface area contributed by atoms with Gasteiger partial charge in [-0.05, 0) is 48.0 Å². The summed E-state index contributed by atoms with van der Waals surface area (Å²) in [6.07, 6.45) is 1.73. The Morgan fingerprint density at radius 1 is 1.10 bits per heavy atom. The van der Waals surface area contributed by atoms with Crippen molar-refractivity contribution in [3.8, 4) is 11.8 Å². The molecule has 4 aromatic rings. The van der Waals surface area contributed by atoms with Crippen molar-refractivity contribution < 1.29 is 4.74 Å². The molecule has 0 unspecified atom stereocenters. The number of benzene rings is 2. The fraction of sp³-hybridized carbons (Fsp3) is 0.130. The molecule has 0 bridgehead atoms. The van der Waals surface area contributed by atoms with Gasteiger partial charge in [-0.25, -0.2) is 4.98 Å². The molecule has 0 aliphatic rings. The van der Waals surface area contributed by atoms with Gasteiger partial charge in [-0.15, -0.1) is 10.2 Å². The number of aromatic nitrogens is 3. The highest BCUT2D eigenvalue weighted by Crippen LogP contribution is 2.32. The van der Waals surface area contributed by atoms with Crippen LogP contribution in [0.4, 0.5) is 17.5 Å². The molecular weight excluding hydrogens is 412 g/mol. The smallest absolute Gasteiger partial charge is 0.164 e. The number of methoxy groups -OCH3 is 1. The quantitative estimate of drug-likeness (QED) is 0.463. The first-order valence-corrected chi connectivity index (χ1v) is 9.90. The van der Waals surface area contributed by atoms with Crippen LogP contribution in [0, 0.1) is 11.3 Å². The van der Waals surface area contributed by atoms with Crippen LogP contribution in [0.25, 0.3) is 10.8 Å². The summed E-state index contributed by atoms with van der Waals surface area (Å²) in [5.74, 6) is 2.60. The van der Waals surface area contributed by atoms with Crippen LogP contribution in [0.5, 0.6) is 5.75 Å². The summed E-state index contributed by atoms with van der Waals surface area (Å²) in [4.78, 5) is 6.25. The van der Waals surface area contributed by atoms with Gasteiger partial charge in [0.2, 0.25) is 0 Å². The van der Waals surface area contributed by atoms with E-state index in [2.05, 4.69) is 26.6 Å². The molecule has 0 fully saturated rings. The summed E-state index contributed by atoms with van der Waals surface area (Å²) in [5.41, 5.74) is 1.51. The normalized spacial score (nSPS) is 10.5. The molecule has 0 aliphatic carbocycles. The standard InChI is InChI=1S/C23H19ClN6O/c1-30(21-5-3-4-10-26-21)23-17-8-6-15(13-25)11-18(17)22(28-29-23)27-14-16-7-9-20(31-2)19(24)12-16/h3-12H,14H2,1-2H3,(H,27,28). The molecule has 2 aromatic carbocycles. The first-order valence-electron chi connectivity index (χ1n) is 9.52. The minimum absolute atomic E-state index is 0.486. The summed E-state index contributed by atoms with van der Waals surface area (Å²) in [6, 6.07) is 18.9. The van der Waals surface area contributed by atoms with Gasteiger partial charge in [0.05, 0.1) is 23.8 Å². The van der Waals surface area contributed by atoms with E-state index in [0.29, 0.717) is 34.5 Å². The van der Waals surface area contributed by atoms with Gasteiger partial charge >= 0.3 is 0 Å². The number of hydrogen-bond donors (Lipinski definition) is 1. The average Bonchev–Trinajstić information content (AvgIpc) is 2.82. The minimum Gasteiger partial charge on any atom is -0.495 e. The second kappa shape index (κ2) is 8.86. The third kappa shape index (κ3) is 4.20. The molecule has 7 nitrogen and oxygen atoms in total. The highest BCUT2D eigenvalue weighted by atomic mass is 35.5. The molecule has 0 amide bonds. The summed E-state index contributed by atoms with van der Waals surface area (Å²) >= 11 is 6.23. The summed E-state index contributed by atoms with van der Waals surface area (Å²) in [5, 5.41) is 23.7. The van der Waals surface area contributed by atoms with E-state index in [4.69, 9.17) is 16.3 Å². The van der Waals surface area contributed by atoms with E-state index < -0.39 is 0 Å². The predicted molar refractivity (Wildman–Crippen MR) is 122 cm³/mol. The van der Waals surface area contributed by atoms with E-state index in [9.17, 15) is 5.26 Å². The number of hydrogen-bond acceptors (Lipinski definition) is 7. The summed E-state index contributed by atoms with van der Waals surface area (Å²) in [7, 11) is 3.47. The van der Waals surface area contributed by atoms with Gasteiger partial charge in [-0.3, -0.25) is 0 Å². The molecule has 0 spiro atoms. The zero-order valence-corrected chi connectivity index (χ0v) is 17.8. The monoisotopic (exact) mass is 430 g/mol. The van der Waals surface area contributed by atoms with Crippen molar-refractivity contribution in [2.75, 3.05) is 24.4 Å². The molecule has 0 saturated carbocycles. The first kappa shape index (κ1) is 20.4. The van der Waals surface area contributed by atoms with Crippen molar-refractivity contribution in [2.45, 2.75) is 6.54 Å². The number of pyridine rings is 1. The van der Waals surface area contributed by atoms with E-state index in [-0.39, 0.29) is 0 Å². The number of nitrogens with zero attached hydrogens (tertiary/aromatic N) is 5. The zero-order chi connectivity index (χ0) is 21.8. The lowest BCUT2D eigenvalue weighted by Gasteiger charge is -2.19. The second-order valence-electron chi connectivity index (χ2n) is 6.81. The number of fused-ring (bicyclic) bond motifs is 1. The molecule has 2 aromatic heterocycles. The fourth-order valence-electron chi connectivity index (χ4n) is 3.25. The van der Waals surface area contributed by atoms with Crippen LogP contribution < -0.4 is 15.0 Å². The largest absolute Gasteiger partial charge is 0.495 e. The Hall–Kier alpha value is -3.89. The van der Waals surface area contributed by atoms with Crippen LogP contribution in [0.3, 0.4) is 0 Å². The second-order valence-corrected chi connectivity index (χ2v) is 7.22. The molecule has 31 heavy (non-hydrogen) atoms. The van der Waals surface area contributed by atoms with Gasteiger partial charge in [0.15, 0.2) is 11.6 Å². The molecule has 0 saturated heterocycles. The number of anilines is 3. The number of ether oxygens (including phenoxy) is 1. The van der Waals surface area contributed by atoms with Gasteiger partial charge in [-0.2, -0.15) is 5.26 Å². The van der Waals surface area contributed by atoms with Gasteiger partial charge in [0.1, 0.15) is 11.6 Å². The molecule has 0 radical (unpaired) electrons.